The van der Waals surface area contributed by atoms with Crippen LogP contribution in [-0.2, 0) is 0 Å². The molecule has 0 saturated heterocycles. The van der Waals surface area contributed by atoms with Crippen molar-refractivity contribution in [2.45, 2.75) is 13.3 Å². The summed E-state index contributed by atoms with van der Waals surface area (Å²) < 4.78 is 0. The van der Waals surface area contributed by atoms with Crippen LogP contribution in [0.5, 0.6) is 0 Å². The second-order valence-electron chi connectivity index (χ2n) is 3.34. The average Bonchev–Trinajstić information content (AvgIpc) is 2.29. The summed E-state index contributed by atoms with van der Waals surface area (Å²) in [5.41, 5.74) is 10.6. The van der Waals surface area contributed by atoms with Crippen molar-refractivity contribution in [2.24, 2.45) is 5.73 Å². The molecule has 1 aliphatic carbocycles. The first-order valence-corrected chi connectivity index (χ1v) is 4.50. The summed E-state index contributed by atoms with van der Waals surface area (Å²) in [4.78, 5) is 0. The largest absolute Gasteiger partial charge is 0.402 e. The smallest absolute Gasteiger partial charge is 0.0155 e. The molecule has 0 fully saturated rings. The third kappa shape index (κ3) is 1.37. The second-order valence-corrected chi connectivity index (χ2v) is 3.34. The molecule has 1 nitrogen and oxygen atoms in total. The van der Waals surface area contributed by atoms with E-state index in [2.05, 4.69) is 43.3 Å². The highest BCUT2D eigenvalue weighted by Gasteiger charge is 2.06. The predicted octanol–water partition coefficient (Wildman–Crippen LogP) is 2.79. The molecule has 2 rings (SSSR count). The molecule has 0 aliphatic heterocycles. The third-order valence-electron chi connectivity index (χ3n) is 2.48. The van der Waals surface area contributed by atoms with Gasteiger partial charge in [0, 0.05) is 12.1 Å². The zero-order chi connectivity index (χ0) is 9.26. The molecular formula is C12H13N. The van der Waals surface area contributed by atoms with E-state index in [1.165, 1.54) is 16.7 Å². The van der Waals surface area contributed by atoms with E-state index in [1.807, 2.05) is 0 Å². The number of hydrogen-bond donors (Lipinski definition) is 1. The first-order chi connectivity index (χ1) is 6.29. The number of rotatable bonds is 0. The van der Waals surface area contributed by atoms with Crippen LogP contribution < -0.4 is 5.73 Å². The Hall–Kier alpha value is -1.50. The molecular weight excluding hydrogens is 158 g/mol. The van der Waals surface area contributed by atoms with Crippen LogP contribution in [0.2, 0.25) is 0 Å². The van der Waals surface area contributed by atoms with E-state index in [4.69, 9.17) is 5.73 Å². The van der Waals surface area contributed by atoms with E-state index in [0.29, 0.717) is 0 Å². The van der Waals surface area contributed by atoms with Crippen molar-refractivity contribution in [1.29, 1.82) is 0 Å². The van der Waals surface area contributed by atoms with Crippen LogP contribution in [0.1, 0.15) is 24.5 Å². The molecule has 66 valence electrons. The SMILES string of the molecule is CC1=C(N)CC=Cc2ccccc21. The fourth-order valence-corrected chi connectivity index (χ4v) is 1.62. The molecule has 0 aromatic heterocycles. The number of allylic oxidation sites excluding steroid dienone is 2. The molecule has 1 heteroatoms. The maximum Gasteiger partial charge on any atom is 0.0155 e. The number of fused-ring (bicyclic) bond motifs is 1. The Morgan fingerprint density at radius 1 is 1.23 bits per heavy atom. The zero-order valence-electron chi connectivity index (χ0n) is 7.75. The lowest BCUT2D eigenvalue weighted by atomic mass is 10.0. The molecule has 1 aromatic rings. The highest BCUT2D eigenvalue weighted by Crippen LogP contribution is 2.25. The monoisotopic (exact) mass is 171 g/mol. The molecule has 0 bridgehead atoms. The van der Waals surface area contributed by atoms with E-state index in [0.717, 1.165) is 12.1 Å². The van der Waals surface area contributed by atoms with Gasteiger partial charge in [0.15, 0.2) is 0 Å². The van der Waals surface area contributed by atoms with Crippen molar-refractivity contribution in [3.05, 3.63) is 47.2 Å². The lowest BCUT2D eigenvalue weighted by molar-refractivity contribution is 1.18. The summed E-state index contributed by atoms with van der Waals surface area (Å²) in [6, 6.07) is 8.34. The Kier molecular flexibility index (Phi) is 1.93. The van der Waals surface area contributed by atoms with Crippen molar-refractivity contribution in [1.82, 2.24) is 0 Å². The summed E-state index contributed by atoms with van der Waals surface area (Å²) in [5.74, 6) is 0. The number of hydrogen-bond acceptors (Lipinski definition) is 1. The summed E-state index contributed by atoms with van der Waals surface area (Å²) >= 11 is 0. The quantitative estimate of drug-likeness (QED) is 0.638. The van der Waals surface area contributed by atoms with Crippen LogP contribution >= 0.6 is 0 Å². The minimum atomic E-state index is 0.862. The van der Waals surface area contributed by atoms with Gasteiger partial charge in [-0.25, -0.2) is 0 Å². The Morgan fingerprint density at radius 2 is 2.00 bits per heavy atom. The van der Waals surface area contributed by atoms with Crippen molar-refractivity contribution in [3.63, 3.8) is 0 Å². The topological polar surface area (TPSA) is 26.0 Å². The highest BCUT2D eigenvalue weighted by molar-refractivity contribution is 5.76. The van der Waals surface area contributed by atoms with Gasteiger partial charge in [0.1, 0.15) is 0 Å². The van der Waals surface area contributed by atoms with E-state index < -0.39 is 0 Å². The summed E-state index contributed by atoms with van der Waals surface area (Å²) in [5, 5.41) is 0. The van der Waals surface area contributed by atoms with Crippen molar-refractivity contribution in [3.8, 4) is 0 Å². The maximum atomic E-state index is 5.92. The van der Waals surface area contributed by atoms with Crippen molar-refractivity contribution < 1.29 is 0 Å². The summed E-state index contributed by atoms with van der Waals surface area (Å²) in [6.45, 7) is 2.08. The molecule has 1 aliphatic rings. The van der Waals surface area contributed by atoms with Gasteiger partial charge in [0.05, 0.1) is 0 Å². The normalized spacial score (nSPS) is 15.5. The first-order valence-electron chi connectivity index (χ1n) is 4.50. The summed E-state index contributed by atoms with van der Waals surface area (Å²) in [7, 11) is 0. The Morgan fingerprint density at radius 3 is 2.85 bits per heavy atom. The molecule has 0 radical (unpaired) electrons. The molecule has 0 amide bonds. The van der Waals surface area contributed by atoms with Gasteiger partial charge >= 0.3 is 0 Å². The minimum absolute atomic E-state index is 0.862. The van der Waals surface area contributed by atoms with Crippen LogP contribution in [0.4, 0.5) is 0 Å². The van der Waals surface area contributed by atoms with Crippen LogP contribution in [0.15, 0.2) is 36.0 Å². The summed E-state index contributed by atoms with van der Waals surface area (Å²) in [6.07, 6.45) is 5.11. The van der Waals surface area contributed by atoms with Gasteiger partial charge in [0.25, 0.3) is 0 Å². The van der Waals surface area contributed by atoms with E-state index in [1.54, 1.807) is 0 Å². The van der Waals surface area contributed by atoms with Gasteiger partial charge < -0.3 is 5.73 Å². The number of nitrogens with two attached hydrogens (primary N) is 1. The van der Waals surface area contributed by atoms with Crippen LogP contribution in [-0.4, -0.2) is 0 Å². The Balaban J connectivity index is 2.65. The van der Waals surface area contributed by atoms with Crippen LogP contribution in [0, 0.1) is 0 Å². The Labute approximate surface area is 78.6 Å². The Bertz CT molecular complexity index is 386. The second kappa shape index (κ2) is 3.09. The molecule has 0 atom stereocenters. The van der Waals surface area contributed by atoms with Crippen LogP contribution in [0.3, 0.4) is 0 Å². The lowest BCUT2D eigenvalue weighted by Crippen LogP contribution is -1.98. The molecule has 0 heterocycles. The van der Waals surface area contributed by atoms with Crippen molar-refractivity contribution in [2.75, 3.05) is 0 Å². The molecule has 0 unspecified atom stereocenters. The highest BCUT2D eigenvalue weighted by atomic mass is 14.6. The van der Waals surface area contributed by atoms with Gasteiger partial charge in [-0.05, 0) is 23.6 Å². The lowest BCUT2D eigenvalue weighted by Gasteiger charge is -2.06. The van der Waals surface area contributed by atoms with Gasteiger partial charge in [0.2, 0.25) is 0 Å². The predicted molar refractivity (Wildman–Crippen MR) is 56.9 cm³/mol. The first kappa shape index (κ1) is 8.11. The van der Waals surface area contributed by atoms with Gasteiger partial charge in [-0.3, -0.25) is 0 Å². The minimum Gasteiger partial charge on any atom is -0.402 e. The van der Waals surface area contributed by atoms with E-state index in [9.17, 15) is 0 Å². The van der Waals surface area contributed by atoms with Crippen LogP contribution in [0.25, 0.3) is 11.6 Å². The molecule has 0 saturated carbocycles. The fraction of sp³-hybridized carbons (Fsp3) is 0.167. The average molecular weight is 171 g/mol. The van der Waals surface area contributed by atoms with Crippen molar-refractivity contribution >= 4 is 11.6 Å². The zero-order valence-corrected chi connectivity index (χ0v) is 7.75. The fourth-order valence-electron chi connectivity index (χ4n) is 1.62. The maximum absolute atomic E-state index is 5.92. The standard InChI is InChI=1S/C12H13N/c1-9-11-7-3-2-5-10(11)6-4-8-12(9)13/h2-7H,8,13H2,1H3. The number of benzene rings is 1. The van der Waals surface area contributed by atoms with E-state index >= 15 is 0 Å². The molecule has 0 spiro atoms. The molecule has 2 N–H and O–H groups in total. The van der Waals surface area contributed by atoms with Gasteiger partial charge in [-0.15, -0.1) is 0 Å². The van der Waals surface area contributed by atoms with Gasteiger partial charge in [-0.1, -0.05) is 36.4 Å². The third-order valence-corrected chi connectivity index (χ3v) is 2.48. The van der Waals surface area contributed by atoms with E-state index in [-0.39, 0.29) is 0 Å². The molecule has 13 heavy (non-hydrogen) atoms. The molecule has 1 aromatic carbocycles. The van der Waals surface area contributed by atoms with Gasteiger partial charge in [-0.2, -0.15) is 0 Å².